The minimum absolute atomic E-state index is 0.159. The number of ether oxygens (including phenoxy) is 3. The first kappa shape index (κ1) is 24.8. The molecule has 0 saturated carbocycles. The summed E-state index contributed by atoms with van der Waals surface area (Å²) in [6.45, 7) is 9.69. The lowest BCUT2D eigenvalue weighted by molar-refractivity contribution is -0.145. The molecule has 10 nitrogen and oxygen atoms in total. The second-order valence-electron chi connectivity index (χ2n) is 8.69. The summed E-state index contributed by atoms with van der Waals surface area (Å²) in [6, 6.07) is 8.99. The molecule has 2 heterocycles. The van der Waals surface area contributed by atoms with Crippen LogP contribution in [0, 0.1) is 0 Å². The van der Waals surface area contributed by atoms with Crippen molar-refractivity contribution in [1.82, 2.24) is 19.9 Å². The van der Waals surface area contributed by atoms with Gasteiger partial charge in [-0.05, 0) is 58.4 Å². The highest BCUT2D eigenvalue weighted by atomic mass is 16.6. The smallest absolute Gasteiger partial charge is 0.407 e. The number of rotatable bonds is 9. The molecule has 2 aromatic heterocycles. The van der Waals surface area contributed by atoms with E-state index in [2.05, 4.69) is 20.7 Å². The van der Waals surface area contributed by atoms with Gasteiger partial charge in [0.05, 0.1) is 12.8 Å². The molecular formula is C24H31N5O5. The van der Waals surface area contributed by atoms with Crippen LogP contribution in [0.4, 0.5) is 10.6 Å². The van der Waals surface area contributed by atoms with Crippen molar-refractivity contribution in [1.29, 1.82) is 0 Å². The summed E-state index contributed by atoms with van der Waals surface area (Å²) < 4.78 is 17.4. The van der Waals surface area contributed by atoms with E-state index < -0.39 is 17.7 Å². The van der Waals surface area contributed by atoms with Gasteiger partial charge in [-0.15, -0.1) is 0 Å². The molecule has 0 aliphatic rings. The lowest BCUT2D eigenvalue weighted by Gasteiger charge is -2.22. The quantitative estimate of drug-likeness (QED) is 0.456. The van der Waals surface area contributed by atoms with Crippen molar-refractivity contribution in [2.24, 2.45) is 0 Å². The summed E-state index contributed by atoms with van der Waals surface area (Å²) in [4.78, 5) is 28.2. The Morgan fingerprint density at radius 2 is 2.00 bits per heavy atom. The van der Waals surface area contributed by atoms with E-state index in [1.54, 1.807) is 29.9 Å². The number of carbonyl (C=O) groups is 2. The molecule has 1 aromatic carbocycles. The summed E-state index contributed by atoms with van der Waals surface area (Å²) in [5.74, 6) is 0.764. The molecule has 1 amide bonds. The molecular weight excluding hydrogens is 438 g/mol. The van der Waals surface area contributed by atoms with Gasteiger partial charge in [0.15, 0.2) is 12.3 Å². The maximum atomic E-state index is 11.9. The van der Waals surface area contributed by atoms with Crippen molar-refractivity contribution in [3.05, 3.63) is 42.7 Å². The fourth-order valence-corrected chi connectivity index (χ4v) is 3.09. The number of carbonyl (C=O) groups excluding carboxylic acids is 2. The van der Waals surface area contributed by atoms with Crippen molar-refractivity contribution in [3.63, 3.8) is 0 Å². The lowest BCUT2D eigenvalue weighted by atomic mass is 10.1. The van der Waals surface area contributed by atoms with Crippen molar-refractivity contribution in [2.75, 3.05) is 25.1 Å². The third-order valence-corrected chi connectivity index (χ3v) is 4.53. The molecule has 1 unspecified atom stereocenters. The molecule has 0 aliphatic carbocycles. The van der Waals surface area contributed by atoms with Gasteiger partial charge in [-0.3, -0.25) is 0 Å². The summed E-state index contributed by atoms with van der Waals surface area (Å²) >= 11 is 0. The Labute approximate surface area is 198 Å². The highest BCUT2D eigenvalue weighted by Gasteiger charge is 2.18. The molecule has 0 spiro atoms. The van der Waals surface area contributed by atoms with Gasteiger partial charge in [-0.2, -0.15) is 5.10 Å². The number of amides is 1. The van der Waals surface area contributed by atoms with Gasteiger partial charge in [0.2, 0.25) is 0 Å². The van der Waals surface area contributed by atoms with Crippen LogP contribution in [0.3, 0.4) is 0 Å². The number of nitrogens with one attached hydrogen (secondary N) is 2. The zero-order chi connectivity index (χ0) is 24.7. The summed E-state index contributed by atoms with van der Waals surface area (Å²) in [5, 5.41) is 10.4. The van der Waals surface area contributed by atoms with E-state index in [9.17, 15) is 9.59 Å². The van der Waals surface area contributed by atoms with Crippen LogP contribution < -0.4 is 15.4 Å². The Balaban J connectivity index is 1.68. The van der Waals surface area contributed by atoms with E-state index in [1.807, 2.05) is 52.0 Å². The Bertz CT molecular complexity index is 1140. The molecule has 3 aromatic rings. The number of hydrogen-bond donors (Lipinski definition) is 2. The van der Waals surface area contributed by atoms with Gasteiger partial charge in [-0.1, -0.05) is 12.1 Å². The highest BCUT2D eigenvalue weighted by Crippen LogP contribution is 2.27. The number of aromatic nitrogens is 3. The molecule has 0 bridgehead atoms. The predicted molar refractivity (Wildman–Crippen MR) is 128 cm³/mol. The number of alkyl carbamates (subject to hydrolysis) is 1. The maximum Gasteiger partial charge on any atom is 0.407 e. The third kappa shape index (κ3) is 7.09. The van der Waals surface area contributed by atoms with Crippen LogP contribution in [0.2, 0.25) is 0 Å². The molecule has 0 saturated heterocycles. The maximum absolute atomic E-state index is 11.9. The number of nitrogens with zero attached hydrogens (tertiary/aromatic N) is 3. The van der Waals surface area contributed by atoms with E-state index in [4.69, 9.17) is 14.2 Å². The molecule has 0 fully saturated rings. The number of benzene rings is 1. The molecule has 34 heavy (non-hydrogen) atoms. The Hall–Kier alpha value is -3.82. The Morgan fingerprint density at radius 1 is 1.21 bits per heavy atom. The van der Waals surface area contributed by atoms with Gasteiger partial charge < -0.3 is 24.8 Å². The van der Waals surface area contributed by atoms with Gasteiger partial charge >= 0.3 is 12.1 Å². The van der Waals surface area contributed by atoms with Gasteiger partial charge in [0, 0.05) is 24.3 Å². The average molecular weight is 470 g/mol. The average Bonchev–Trinajstić information content (AvgIpc) is 3.18. The van der Waals surface area contributed by atoms with Crippen molar-refractivity contribution >= 4 is 23.5 Å². The molecule has 10 heteroatoms. The van der Waals surface area contributed by atoms with E-state index in [-0.39, 0.29) is 12.6 Å². The monoisotopic (exact) mass is 469 g/mol. The van der Waals surface area contributed by atoms with Crippen LogP contribution in [0.5, 0.6) is 5.75 Å². The van der Waals surface area contributed by atoms with Crippen molar-refractivity contribution in [2.45, 2.75) is 46.3 Å². The minimum Gasteiger partial charge on any atom is -0.482 e. The molecule has 1 atom stereocenters. The molecule has 0 aliphatic heterocycles. The van der Waals surface area contributed by atoms with Gasteiger partial charge in [0.25, 0.3) is 0 Å². The van der Waals surface area contributed by atoms with Crippen molar-refractivity contribution < 1.29 is 23.8 Å². The lowest BCUT2D eigenvalue weighted by Crippen LogP contribution is -2.40. The fourth-order valence-electron chi connectivity index (χ4n) is 3.09. The number of esters is 1. The summed E-state index contributed by atoms with van der Waals surface area (Å²) in [6.07, 6.45) is 3.07. The van der Waals surface area contributed by atoms with Crippen molar-refractivity contribution in [3.8, 4) is 16.9 Å². The largest absolute Gasteiger partial charge is 0.482 e. The first-order chi connectivity index (χ1) is 16.1. The Kier molecular flexibility index (Phi) is 7.93. The van der Waals surface area contributed by atoms with E-state index in [0.29, 0.717) is 30.4 Å². The standard InChI is InChI=1S/C24H31N5O5/c1-6-32-21(30)15-33-18-9-7-8-17(12-18)19-14-26-29-11-10-20(28-22(19)29)25-13-16(2)27-23(31)34-24(3,4)5/h7-12,14,16H,6,13,15H2,1-5H3,(H,25,28)(H,27,31). The SMILES string of the molecule is CCOC(=O)COc1cccc(-c2cnn3ccc(NCC(C)NC(=O)OC(C)(C)C)nc23)c1. The van der Waals surface area contributed by atoms with Crippen LogP contribution in [0.25, 0.3) is 16.8 Å². The zero-order valence-corrected chi connectivity index (χ0v) is 20.1. The molecule has 2 N–H and O–H groups in total. The van der Waals surface area contributed by atoms with Crippen LogP contribution in [-0.2, 0) is 14.3 Å². The Morgan fingerprint density at radius 3 is 2.74 bits per heavy atom. The first-order valence-electron chi connectivity index (χ1n) is 11.1. The second-order valence-corrected chi connectivity index (χ2v) is 8.69. The predicted octanol–water partition coefficient (Wildman–Crippen LogP) is 3.66. The van der Waals surface area contributed by atoms with Crippen LogP contribution in [0.1, 0.15) is 34.6 Å². The zero-order valence-electron chi connectivity index (χ0n) is 20.1. The first-order valence-corrected chi connectivity index (χ1v) is 11.1. The third-order valence-electron chi connectivity index (χ3n) is 4.53. The molecule has 182 valence electrons. The summed E-state index contributed by atoms with van der Waals surface area (Å²) in [7, 11) is 0. The number of hydrogen-bond acceptors (Lipinski definition) is 8. The number of anilines is 1. The minimum atomic E-state index is -0.552. The summed E-state index contributed by atoms with van der Waals surface area (Å²) in [5.41, 5.74) is 1.76. The van der Waals surface area contributed by atoms with Crippen LogP contribution >= 0.6 is 0 Å². The number of fused-ring (bicyclic) bond motifs is 1. The second kappa shape index (κ2) is 10.9. The topological polar surface area (TPSA) is 116 Å². The molecule has 3 rings (SSSR count). The van der Waals surface area contributed by atoms with Gasteiger partial charge in [-0.25, -0.2) is 19.1 Å². The van der Waals surface area contributed by atoms with Crippen LogP contribution in [0.15, 0.2) is 42.7 Å². The van der Waals surface area contributed by atoms with Crippen LogP contribution in [-0.4, -0.2) is 58.1 Å². The van der Waals surface area contributed by atoms with E-state index >= 15 is 0 Å². The molecule has 0 radical (unpaired) electrons. The highest BCUT2D eigenvalue weighted by molar-refractivity contribution is 5.78. The van der Waals surface area contributed by atoms with Gasteiger partial charge in [0.1, 0.15) is 17.2 Å². The van der Waals surface area contributed by atoms with E-state index in [1.165, 1.54) is 0 Å². The normalized spacial score (nSPS) is 12.1. The van der Waals surface area contributed by atoms with E-state index in [0.717, 1.165) is 11.1 Å². The fraction of sp³-hybridized carbons (Fsp3) is 0.417.